The number of likely N-dealkylation sites (tertiary alicyclic amines) is 1. The summed E-state index contributed by atoms with van der Waals surface area (Å²) in [5, 5.41) is 10.8. The third-order valence-corrected chi connectivity index (χ3v) is 7.26. The molecule has 0 radical (unpaired) electrons. The molecule has 1 saturated heterocycles. The van der Waals surface area contributed by atoms with E-state index in [1.165, 1.54) is 12.3 Å². The number of unbranched alkanes of at least 4 members (excludes halogenated alkanes) is 1. The first-order chi connectivity index (χ1) is 17.5. The Balaban J connectivity index is 1.64. The van der Waals surface area contributed by atoms with E-state index in [9.17, 15) is 28.8 Å². The average Bonchev–Trinajstić information content (AvgIpc) is 3.61. The fraction of sp³-hybridized carbons (Fsp3) is 0.500. The highest BCUT2D eigenvalue weighted by atomic mass is 35.5. The molecule has 0 spiro atoms. The molecule has 3 amide bonds. The van der Waals surface area contributed by atoms with E-state index >= 15 is 0 Å². The van der Waals surface area contributed by atoms with E-state index in [1.807, 2.05) is 0 Å². The summed E-state index contributed by atoms with van der Waals surface area (Å²) in [7, 11) is 0. The van der Waals surface area contributed by atoms with Gasteiger partial charge in [-0.25, -0.2) is 9.45 Å². The largest absolute Gasteiger partial charge is 0.368 e. The van der Waals surface area contributed by atoms with Gasteiger partial charge in [-0.3, -0.25) is 24.4 Å². The van der Waals surface area contributed by atoms with Crippen LogP contribution in [0.5, 0.6) is 0 Å². The van der Waals surface area contributed by atoms with Crippen molar-refractivity contribution in [2.24, 2.45) is 17.2 Å². The van der Waals surface area contributed by atoms with Crippen molar-refractivity contribution in [3.63, 3.8) is 0 Å². The van der Waals surface area contributed by atoms with Crippen molar-refractivity contribution in [2.75, 3.05) is 13.1 Å². The number of benzene rings is 1. The van der Waals surface area contributed by atoms with Crippen LogP contribution in [0.25, 0.3) is 10.9 Å². The summed E-state index contributed by atoms with van der Waals surface area (Å²) in [6.07, 6.45) is 4.44. The van der Waals surface area contributed by atoms with Gasteiger partial charge < -0.3 is 26.7 Å². The van der Waals surface area contributed by atoms with Crippen LogP contribution >= 0.6 is 11.6 Å². The minimum absolute atomic E-state index is 0.0146. The van der Waals surface area contributed by atoms with Crippen LogP contribution in [0.15, 0.2) is 23.1 Å². The third kappa shape index (κ3) is 5.33. The van der Waals surface area contributed by atoms with Gasteiger partial charge in [0.15, 0.2) is 0 Å². The summed E-state index contributed by atoms with van der Waals surface area (Å²) in [4.78, 5) is 52.8. The second-order valence-corrected chi connectivity index (χ2v) is 10.0. The van der Waals surface area contributed by atoms with E-state index in [0.29, 0.717) is 36.4 Å². The summed E-state index contributed by atoms with van der Waals surface area (Å²) < 4.78 is 16.0. The standard InChI is InChI=1S/C24H30ClFN6O5/c25-16-9-19-14(8-17(16)26)21(33)15(11-30(19)12-4-5-12)23(35)31-10-13(7-20(31)22(29)34)32(37)24(36)18(28)3-1-2-6-27/h8-9,11-13,18,20,37H,1-7,10,27-28H2,(H2,29,34)/t13-,18-,20-/m0/s1. The molecule has 0 unspecified atom stereocenters. The fourth-order valence-electron chi connectivity index (χ4n) is 4.77. The van der Waals surface area contributed by atoms with Crippen molar-refractivity contribution in [3.05, 3.63) is 45.0 Å². The second-order valence-electron chi connectivity index (χ2n) is 9.63. The van der Waals surface area contributed by atoms with Gasteiger partial charge in [-0.15, -0.1) is 0 Å². The minimum atomic E-state index is -1.18. The van der Waals surface area contributed by atoms with Crippen molar-refractivity contribution in [2.45, 2.75) is 62.7 Å². The SMILES string of the molecule is NCCCC[C@H](N)C(=O)N(O)[C@H]1C[C@@H](C(N)=O)N(C(=O)c2cn(C3CC3)c3cc(Cl)c(F)cc3c2=O)C1. The van der Waals surface area contributed by atoms with Gasteiger partial charge in [0, 0.05) is 30.6 Å². The number of nitrogens with two attached hydrogens (primary N) is 3. The molecule has 37 heavy (non-hydrogen) atoms. The maximum Gasteiger partial charge on any atom is 0.263 e. The number of pyridine rings is 1. The Kier molecular flexibility index (Phi) is 7.83. The van der Waals surface area contributed by atoms with Crippen LogP contribution in [0, 0.1) is 5.82 Å². The predicted molar refractivity (Wildman–Crippen MR) is 133 cm³/mol. The van der Waals surface area contributed by atoms with Gasteiger partial charge in [0.1, 0.15) is 17.4 Å². The highest BCUT2D eigenvalue weighted by Gasteiger charge is 2.44. The monoisotopic (exact) mass is 536 g/mol. The summed E-state index contributed by atoms with van der Waals surface area (Å²) in [5.41, 5.74) is 16.3. The number of nitrogens with zero attached hydrogens (tertiary/aromatic N) is 3. The van der Waals surface area contributed by atoms with E-state index in [4.69, 9.17) is 28.8 Å². The molecule has 1 aliphatic heterocycles. The molecule has 1 saturated carbocycles. The Morgan fingerprint density at radius 3 is 2.57 bits per heavy atom. The lowest BCUT2D eigenvalue weighted by Gasteiger charge is -2.25. The Hall–Kier alpha value is -3.06. The van der Waals surface area contributed by atoms with Crippen molar-refractivity contribution >= 4 is 40.2 Å². The quantitative estimate of drug-likeness (QED) is 0.208. The first-order valence-electron chi connectivity index (χ1n) is 12.2. The van der Waals surface area contributed by atoms with Crippen LogP contribution in [-0.2, 0) is 9.59 Å². The van der Waals surface area contributed by atoms with E-state index < -0.39 is 47.1 Å². The number of hydroxylamine groups is 2. The van der Waals surface area contributed by atoms with Crippen LogP contribution in [0.2, 0.25) is 5.02 Å². The van der Waals surface area contributed by atoms with Gasteiger partial charge in [-0.2, -0.15) is 0 Å². The zero-order valence-electron chi connectivity index (χ0n) is 20.1. The highest BCUT2D eigenvalue weighted by molar-refractivity contribution is 6.31. The van der Waals surface area contributed by atoms with E-state index in [1.54, 1.807) is 4.57 Å². The number of hydrogen-bond acceptors (Lipinski definition) is 7. The van der Waals surface area contributed by atoms with Gasteiger partial charge in [0.25, 0.3) is 11.8 Å². The summed E-state index contributed by atoms with van der Waals surface area (Å²) in [6, 6.07) is -0.767. The normalized spacial score (nSPS) is 20.3. The van der Waals surface area contributed by atoms with Gasteiger partial charge in [0.05, 0.1) is 22.6 Å². The van der Waals surface area contributed by atoms with E-state index in [2.05, 4.69) is 0 Å². The first-order valence-corrected chi connectivity index (χ1v) is 12.5. The van der Waals surface area contributed by atoms with Crippen LogP contribution in [0.3, 0.4) is 0 Å². The molecule has 2 aromatic rings. The minimum Gasteiger partial charge on any atom is -0.368 e. The molecule has 2 aliphatic rings. The number of aromatic nitrogens is 1. The smallest absolute Gasteiger partial charge is 0.263 e. The second kappa shape index (κ2) is 10.7. The number of fused-ring (bicyclic) bond motifs is 1. The topological polar surface area (TPSA) is 178 Å². The Morgan fingerprint density at radius 2 is 1.95 bits per heavy atom. The molecule has 4 rings (SSSR count). The number of halogens is 2. The molecule has 7 N–H and O–H groups in total. The molecule has 2 fully saturated rings. The molecule has 3 atom stereocenters. The summed E-state index contributed by atoms with van der Waals surface area (Å²) in [5.74, 6) is -3.22. The number of carbonyl (C=O) groups is 3. The molecule has 200 valence electrons. The number of hydrogen-bond donors (Lipinski definition) is 4. The molecule has 1 aliphatic carbocycles. The van der Waals surface area contributed by atoms with Gasteiger partial charge in [-0.05, 0) is 44.4 Å². The lowest BCUT2D eigenvalue weighted by molar-refractivity contribution is -0.176. The number of amides is 3. The molecule has 11 nitrogen and oxygen atoms in total. The molecule has 1 aromatic heterocycles. The van der Waals surface area contributed by atoms with E-state index in [-0.39, 0.29) is 35.0 Å². The van der Waals surface area contributed by atoms with Crippen LogP contribution in [-0.4, -0.2) is 68.7 Å². The number of rotatable bonds is 9. The maximum absolute atomic E-state index is 14.2. The summed E-state index contributed by atoms with van der Waals surface area (Å²) in [6.45, 7) is 0.195. The molecule has 1 aromatic carbocycles. The highest BCUT2D eigenvalue weighted by Crippen LogP contribution is 2.38. The fourth-order valence-corrected chi connectivity index (χ4v) is 4.93. The lowest BCUT2D eigenvalue weighted by atomic mass is 10.1. The molecule has 0 bridgehead atoms. The Labute approximate surface area is 216 Å². The van der Waals surface area contributed by atoms with Crippen molar-refractivity contribution in [1.29, 1.82) is 0 Å². The molecular weight excluding hydrogens is 507 g/mol. The van der Waals surface area contributed by atoms with Crippen molar-refractivity contribution in [1.82, 2.24) is 14.5 Å². The van der Waals surface area contributed by atoms with Crippen molar-refractivity contribution in [3.8, 4) is 0 Å². The van der Waals surface area contributed by atoms with Crippen LogP contribution < -0.4 is 22.6 Å². The predicted octanol–water partition coefficient (Wildman–Crippen LogP) is 0.871. The number of primary amides is 1. The van der Waals surface area contributed by atoms with Crippen LogP contribution in [0.4, 0.5) is 4.39 Å². The molecule has 2 heterocycles. The summed E-state index contributed by atoms with van der Waals surface area (Å²) >= 11 is 5.94. The first kappa shape index (κ1) is 27.0. The Morgan fingerprint density at radius 1 is 1.24 bits per heavy atom. The van der Waals surface area contributed by atoms with Gasteiger partial charge >= 0.3 is 0 Å². The van der Waals surface area contributed by atoms with Crippen LogP contribution in [0.1, 0.15) is 54.9 Å². The molecule has 13 heteroatoms. The van der Waals surface area contributed by atoms with E-state index in [0.717, 1.165) is 23.8 Å². The Bertz CT molecular complexity index is 1300. The maximum atomic E-state index is 14.2. The average molecular weight is 537 g/mol. The third-order valence-electron chi connectivity index (χ3n) is 6.97. The lowest BCUT2D eigenvalue weighted by Crippen LogP contribution is -2.48. The van der Waals surface area contributed by atoms with Gasteiger partial charge in [0.2, 0.25) is 11.3 Å². The zero-order valence-corrected chi connectivity index (χ0v) is 20.9. The molecular formula is C24H30ClFN6O5. The number of carbonyl (C=O) groups excluding carboxylic acids is 3. The zero-order chi connectivity index (χ0) is 27.0. The van der Waals surface area contributed by atoms with Gasteiger partial charge in [-0.1, -0.05) is 18.0 Å². The van der Waals surface area contributed by atoms with Crippen molar-refractivity contribution < 1.29 is 24.0 Å².